The lowest BCUT2D eigenvalue weighted by Crippen LogP contribution is -2.50. The Labute approximate surface area is 159 Å². The Morgan fingerprint density at radius 3 is 2.56 bits per heavy atom. The highest BCUT2D eigenvalue weighted by atomic mass is 16.5. The Hall–Kier alpha value is -3.09. The lowest BCUT2D eigenvalue weighted by atomic mass is 10.2. The Morgan fingerprint density at radius 1 is 1.15 bits per heavy atom. The fourth-order valence-corrected chi connectivity index (χ4v) is 2.94. The van der Waals surface area contributed by atoms with Crippen molar-refractivity contribution in [3.63, 3.8) is 0 Å². The van der Waals surface area contributed by atoms with Crippen molar-refractivity contribution in [2.24, 2.45) is 0 Å². The molecule has 1 saturated heterocycles. The van der Waals surface area contributed by atoms with Crippen LogP contribution in [0.2, 0.25) is 0 Å². The van der Waals surface area contributed by atoms with Crippen LogP contribution in [-0.2, 0) is 4.79 Å². The van der Waals surface area contributed by atoms with Crippen molar-refractivity contribution in [1.29, 1.82) is 0 Å². The third kappa shape index (κ3) is 4.75. The van der Waals surface area contributed by atoms with E-state index in [4.69, 9.17) is 9.47 Å². The predicted octanol–water partition coefficient (Wildman–Crippen LogP) is 2.25. The Kier molecular flexibility index (Phi) is 6.25. The number of amides is 1. The van der Waals surface area contributed by atoms with Gasteiger partial charge in [0.1, 0.15) is 0 Å². The fourth-order valence-electron chi connectivity index (χ4n) is 2.94. The zero-order valence-electron chi connectivity index (χ0n) is 15.7. The predicted molar refractivity (Wildman–Crippen MR) is 104 cm³/mol. The molecule has 0 atom stereocenters. The van der Waals surface area contributed by atoms with Gasteiger partial charge in [-0.3, -0.25) is 4.79 Å². The monoisotopic (exact) mass is 368 g/mol. The molecule has 0 spiro atoms. The highest BCUT2D eigenvalue weighted by molar-refractivity contribution is 5.78. The molecule has 1 aliphatic heterocycles. The zero-order valence-corrected chi connectivity index (χ0v) is 15.7. The first-order chi connectivity index (χ1) is 13.2. The number of piperazine rings is 1. The lowest BCUT2D eigenvalue weighted by molar-refractivity contribution is -0.133. The standard InChI is InChI=1S/C20H24N4O3/c1-3-5-16-6-7-17(18(14-16)26-2)27-15-19(25)23-10-12-24(13-11-23)20-21-8-4-9-22-20/h3-9,14H,10-13,15H2,1-2H3/b5-3+. The molecule has 1 aromatic carbocycles. The van der Waals surface area contributed by atoms with E-state index in [1.54, 1.807) is 30.5 Å². The van der Waals surface area contributed by atoms with E-state index in [9.17, 15) is 4.79 Å². The van der Waals surface area contributed by atoms with Gasteiger partial charge >= 0.3 is 0 Å². The van der Waals surface area contributed by atoms with Crippen molar-refractivity contribution in [2.75, 3.05) is 44.8 Å². The van der Waals surface area contributed by atoms with Crippen molar-refractivity contribution < 1.29 is 14.3 Å². The molecule has 7 nitrogen and oxygen atoms in total. The zero-order chi connectivity index (χ0) is 19.1. The number of methoxy groups -OCH3 is 1. The summed E-state index contributed by atoms with van der Waals surface area (Å²) in [5.41, 5.74) is 1.02. The molecule has 2 heterocycles. The van der Waals surface area contributed by atoms with E-state index < -0.39 is 0 Å². The summed E-state index contributed by atoms with van der Waals surface area (Å²) in [6, 6.07) is 7.44. The Balaban J connectivity index is 1.53. The second-order valence-corrected chi connectivity index (χ2v) is 6.12. The molecular weight excluding hydrogens is 344 g/mol. The lowest BCUT2D eigenvalue weighted by Gasteiger charge is -2.34. The van der Waals surface area contributed by atoms with Crippen LogP contribution in [-0.4, -0.2) is 60.7 Å². The average molecular weight is 368 g/mol. The highest BCUT2D eigenvalue weighted by Gasteiger charge is 2.23. The molecule has 1 aliphatic rings. The van der Waals surface area contributed by atoms with Crippen LogP contribution < -0.4 is 14.4 Å². The van der Waals surface area contributed by atoms with E-state index in [0.29, 0.717) is 43.6 Å². The molecular formula is C20H24N4O3. The molecule has 27 heavy (non-hydrogen) atoms. The van der Waals surface area contributed by atoms with Crippen molar-refractivity contribution >= 4 is 17.9 Å². The van der Waals surface area contributed by atoms with Crippen LogP contribution in [0.1, 0.15) is 12.5 Å². The number of hydrogen-bond acceptors (Lipinski definition) is 6. The molecule has 142 valence electrons. The molecule has 7 heteroatoms. The van der Waals surface area contributed by atoms with Gasteiger partial charge in [0.2, 0.25) is 5.95 Å². The summed E-state index contributed by atoms with van der Waals surface area (Å²) in [4.78, 5) is 24.9. The molecule has 0 bridgehead atoms. The summed E-state index contributed by atoms with van der Waals surface area (Å²) in [5, 5.41) is 0. The number of carbonyl (C=O) groups is 1. The fraction of sp³-hybridized carbons (Fsp3) is 0.350. The third-order valence-electron chi connectivity index (χ3n) is 4.37. The maximum Gasteiger partial charge on any atom is 0.260 e. The summed E-state index contributed by atoms with van der Waals surface area (Å²) in [7, 11) is 1.59. The molecule has 0 saturated carbocycles. The van der Waals surface area contributed by atoms with E-state index in [1.807, 2.05) is 37.3 Å². The molecule has 1 amide bonds. The summed E-state index contributed by atoms with van der Waals surface area (Å²) < 4.78 is 11.1. The van der Waals surface area contributed by atoms with Gasteiger partial charge in [-0.2, -0.15) is 0 Å². The normalized spacial score (nSPS) is 14.4. The summed E-state index contributed by atoms with van der Waals surface area (Å²) >= 11 is 0. The van der Waals surface area contributed by atoms with Crippen LogP contribution in [0, 0.1) is 0 Å². The molecule has 2 aromatic rings. The van der Waals surface area contributed by atoms with Gasteiger partial charge in [-0.05, 0) is 30.7 Å². The minimum atomic E-state index is -0.0387. The topological polar surface area (TPSA) is 67.8 Å². The number of carbonyl (C=O) groups excluding carboxylic acids is 1. The average Bonchev–Trinajstić information content (AvgIpc) is 2.73. The quantitative estimate of drug-likeness (QED) is 0.779. The molecule has 1 fully saturated rings. The van der Waals surface area contributed by atoms with Crippen LogP contribution in [0.15, 0.2) is 42.7 Å². The first kappa shape index (κ1) is 18.7. The van der Waals surface area contributed by atoms with Crippen LogP contribution in [0.25, 0.3) is 6.08 Å². The summed E-state index contributed by atoms with van der Waals surface area (Å²) in [6.45, 7) is 4.60. The molecule has 1 aromatic heterocycles. The smallest absolute Gasteiger partial charge is 0.260 e. The van der Waals surface area contributed by atoms with Gasteiger partial charge in [-0.25, -0.2) is 9.97 Å². The highest BCUT2D eigenvalue weighted by Crippen LogP contribution is 2.28. The minimum absolute atomic E-state index is 0.0127. The van der Waals surface area contributed by atoms with Crippen LogP contribution in [0.3, 0.4) is 0 Å². The van der Waals surface area contributed by atoms with Crippen LogP contribution in [0.4, 0.5) is 5.95 Å². The van der Waals surface area contributed by atoms with E-state index in [0.717, 1.165) is 5.56 Å². The SMILES string of the molecule is C/C=C/c1ccc(OCC(=O)N2CCN(c3ncccn3)CC2)c(OC)c1. The first-order valence-electron chi connectivity index (χ1n) is 8.94. The molecule has 0 N–H and O–H groups in total. The van der Waals surface area contributed by atoms with E-state index in [1.165, 1.54) is 0 Å². The maximum absolute atomic E-state index is 12.5. The Bertz CT molecular complexity index is 787. The van der Waals surface area contributed by atoms with Gasteiger partial charge in [0, 0.05) is 38.6 Å². The third-order valence-corrected chi connectivity index (χ3v) is 4.37. The molecule has 0 unspecified atom stereocenters. The second kappa shape index (κ2) is 9.02. The number of aromatic nitrogens is 2. The van der Waals surface area contributed by atoms with Gasteiger partial charge in [0.15, 0.2) is 18.1 Å². The number of nitrogens with zero attached hydrogens (tertiary/aromatic N) is 4. The van der Waals surface area contributed by atoms with Crippen molar-refractivity contribution in [2.45, 2.75) is 6.92 Å². The molecule has 0 aliphatic carbocycles. The van der Waals surface area contributed by atoms with Crippen molar-refractivity contribution in [3.05, 3.63) is 48.3 Å². The van der Waals surface area contributed by atoms with E-state index in [-0.39, 0.29) is 12.5 Å². The number of anilines is 1. The van der Waals surface area contributed by atoms with Crippen molar-refractivity contribution in [3.8, 4) is 11.5 Å². The van der Waals surface area contributed by atoms with E-state index >= 15 is 0 Å². The van der Waals surface area contributed by atoms with Crippen molar-refractivity contribution in [1.82, 2.24) is 14.9 Å². The van der Waals surface area contributed by atoms with Gasteiger partial charge < -0.3 is 19.3 Å². The minimum Gasteiger partial charge on any atom is -0.493 e. The molecule has 0 radical (unpaired) electrons. The second-order valence-electron chi connectivity index (χ2n) is 6.12. The largest absolute Gasteiger partial charge is 0.493 e. The van der Waals surface area contributed by atoms with Crippen LogP contribution in [0.5, 0.6) is 11.5 Å². The van der Waals surface area contributed by atoms with Gasteiger partial charge in [-0.1, -0.05) is 18.2 Å². The molecule has 3 rings (SSSR count). The number of allylic oxidation sites excluding steroid dienone is 1. The number of benzene rings is 1. The summed E-state index contributed by atoms with van der Waals surface area (Å²) in [6.07, 6.45) is 7.39. The maximum atomic E-state index is 12.5. The van der Waals surface area contributed by atoms with E-state index in [2.05, 4.69) is 14.9 Å². The summed E-state index contributed by atoms with van der Waals surface area (Å²) in [5.74, 6) is 1.84. The van der Waals surface area contributed by atoms with Gasteiger partial charge in [0.25, 0.3) is 5.91 Å². The Morgan fingerprint density at radius 2 is 1.89 bits per heavy atom. The van der Waals surface area contributed by atoms with Gasteiger partial charge in [0.05, 0.1) is 7.11 Å². The van der Waals surface area contributed by atoms with Crippen LogP contribution >= 0.6 is 0 Å². The number of hydrogen-bond donors (Lipinski definition) is 0. The number of ether oxygens (including phenoxy) is 2. The van der Waals surface area contributed by atoms with Gasteiger partial charge in [-0.15, -0.1) is 0 Å². The first-order valence-corrected chi connectivity index (χ1v) is 8.94. The number of rotatable bonds is 6.